The molecule has 1 unspecified atom stereocenters. The molecule has 0 saturated carbocycles. The SMILES string of the molecule is COc1ccc(CSCC(N)C(=O)O)cc1Br. The Labute approximate surface area is 113 Å². The van der Waals surface area contributed by atoms with E-state index in [0.29, 0.717) is 5.75 Å². The summed E-state index contributed by atoms with van der Waals surface area (Å²) < 4.78 is 6.01. The summed E-state index contributed by atoms with van der Waals surface area (Å²) in [6.07, 6.45) is 0. The van der Waals surface area contributed by atoms with Crippen LogP contribution in [0.3, 0.4) is 0 Å². The van der Waals surface area contributed by atoms with Crippen LogP contribution in [0.4, 0.5) is 0 Å². The van der Waals surface area contributed by atoms with Gasteiger partial charge < -0.3 is 15.6 Å². The number of thioether (sulfide) groups is 1. The van der Waals surface area contributed by atoms with Gasteiger partial charge in [0.05, 0.1) is 11.6 Å². The van der Waals surface area contributed by atoms with Crippen LogP contribution in [0.5, 0.6) is 5.75 Å². The van der Waals surface area contributed by atoms with E-state index in [1.54, 1.807) is 7.11 Å². The number of ether oxygens (including phenoxy) is 1. The minimum absolute atomic E-state index is 0.402. The lowest BCUT2D eigenvalue weighted by atomic mass is 10.2. The van der Waals surface area contributed by atoms with E-state index in [2.05, 4.69) is 15.9 Å². The molecule has 3 N–H and O–H groups in total. The summed E-state index contributed by atoms with van der Waals surface area (Å²) in [5.74, 6) is 0.942. The van der Waals surface area contributed by atoms with Gasteiger partial charge >= 0.3 is 5.97 Å². The summed E-state index contributed by atoms with van der Waals surface area (Å²) in [6.45, 7) is 0. The van der Waals surface area contributed by atoms with Crippen LogP contribution in [-0.2, 0) is 10.5 Å². The minimum atomic E-state index is -0.964. The summed E-state index contributed by atoms with van der Waals surface area (Å²) in [4.78, 5) is 10.5. The Balaban J connectivity index is 2.47. The summed E-state index contributed by atoms with van der Waals surface area (Å²) in [6, 6.07) is 4.97. The van der Waals surface area contributed by atoms with Gasteiger partial charge in [-0.3, -0.25) is 4.79 Å². The standard InChI is InChI=1S/C11H14BrNO3S/c1-16-10-3-2-7(4-8(10)12)5-17-6-9(13)11(14)15/h2-4,9H,5-6,13H2,1H3,(H,14,15). The number of methoxy groups -OCH3 is 1. The molecule has 94 valence electrons. The van der Waals surface area contributed by atoms with Crippen LogP contribution in [0.1, 0.15) is 5.56 Å². The molecule has 0 heterocycles. The van der Waals surface area contributed by atoms with Gasteiger partial charge in [0.25, 0.3) is 0 Å². The Kier molecular flexibility index (Phi) is 5.80. The number of carbonyl (C=O) groups is 1. The summed E-state index contributed by atoms with van der Waals surface area (Å²) >= 11 is 4.90. The van der Waals surface area contributed by atoms with Gasteiger partial charge in [0, 0.05) is 11.5 Å². The predicted molar refractivity (Wildman–Crippen MR) is 72.5 cm³/mol. The molecule has 0 saturated heterocycles. The van der Waals surface area contributed by atoms with Gasteiger partial charge in [0.2, 0.25) is 0 Å². The lowest BCUT2D eigenvalue weighted by Gasteiger charge is -2.08. The van der Waals surface area contributed by atoms with Crippen LogP contribution in [0.15, 0.2) is 22.7 Å². The third kappa shape index (κ3) is 4.57. The molecule has 1 atom stereocenters. The number of carboxylic acids is 1. The molecule has 4 nitrogen and oxygen atoms in total. The van der Waals surface area contributed by atoms with Gasteiger partial charge in [-0.1, -0.05) is 6.07 Å². The molecule has 0 aromatic heterocycles. The number of hydrogen-bond donors (Lipinski definition) is 2. The van der Waals surface area contributed by atoms with E-state index in [1.165, 1.54) is 11.8 Å². The van der Waals surface area contributed by atoms with Gasteiger partial charge in [-0.15, -0.1) is 0 Å². The predicted octanol–water partition coefficient (Wildman–Crippen LogP) is 2.10. The average Bonchev–Trinajstić information content (AvgIpc) is 2.29. The zero-order chi connectivity index (χ0) is 12.8. The molecule has 0 aliphatic rings. The highest BCUT2D eigenvalue weighted by atomic mass is 79.9. The monoisotopic (exact) mass is 319 g/mol. The number of carboxylic acid groups (broad SMARTS) is 1. The van der Waals surface area contributed by atoms with Crippen molar-refractivity contribution in [3.63, 3.8) is 0 Å². The normalized spacial score (nSPS) is 12.2. The van der Waals surface area contributed by atoms with Crippen LogP contribution in [-0.4, -0.2) is 30.0 Å². The van der Waals surface area contributed by atoms with Crippen molar-refractivity contribution in [3.05, 3.63) is 28.2 Å². The highest BCUT2D eigenvalue weighted by Crippen LogP contribution is 2.27. The number of aliphatic carboxylic acids is 1. The molecular formula is C11H14BrNO3S. The molecule has 0 aliphatic heterocycles. The molecule has 0 bridgehead atoms. The van der Waals surface area contributed by atoms with E-state index in [0.717, 1.165) is 21.5 Å². The van der Waals surface area contributed by atoms with Crippen molar-refractivity contribution in [2.75, 3.05) is 12.9 Å². The van der Waals surface area contributed by atoms with E-state index in [4.69, 9.17) is 15.6 Å². The average molecular weight is 320 g/mol. The summed E-state index contributed by atoms with van der Waals surface area (Å²) in [7, 11) is 1.61. The second-order valence-corrected chi connectivity index (χ2v) is 5.31. The van der Waals surface area contributed by atoms with E-state index in [1.807, 2.05) is 18.2 Å². The van der Waals surface area contributed by atoms with Gasteiger partial charge in [0.15, 0.2) is 0 Å². The number of rotatable bonds is 6. The third-order valence-electron chi connectivity index (χ3n) is 2.10. The number of hydrogen-bond acceptors (Lipinski definition) is 4. The lowest BCUT2D eigenvalue weighted by Crippen LogP contribution is -2.32. The van der Waals surface area contributed by atoms with Crippen molar-refractivity contribution in [3.8, 4) is 5.75 Å². The van der Waals surface area contributed by atoms with Crippen molar-refractivity contribution in [2.45, 2.75) is 11.8 Å². The number of halogens is 1. The first-order chi connectivity index (χ1) is 8.04. The summed E-state index contributed by atoms with van der Waals surface area (Å²) in [5.41, 5.74) is 6.50. The van der Waals surface area contributed by atoms with E-state index < -0.39 is 12.0 Å². The molecule has 0 aliphatic carbocycles. The van der Waals surface area contributed by atoms with E-state index in [9.17, 15) is 4.79 Å². The number of benzene rings is 1. The Morgan fingerprint density at radius 2 is 2.35 bits per heavy atom. The molecule has 6 heteroatoms. The maximum atomic E-state index is 10.5. The van der Waals surface area contributed by atoms with Crippen molar-refractivity contribution < 1.29 is 14.6 Å². The van der Waals surface area contributed by atoms with Crippen LogP contribution in [0, 0.1) is 0 Å². The maximum Gasteiger partial charge on any atom is 0.321 e. The topological polar surface area (TPSA) is 72.5 Å². The van der Waals surface area contributed by atoms with Crippen molar-refractivity contribution in [1.82, 2.24) is 0 Å². The van der Waals surface area contributed by atoms with Crippen LogP contribution in [0.25, 0.3) is 0 Å². The Hall–Kier alpha value is -0.720. The molecule has 0 fully saturated rings. The van der Waals surface area contributed by atoms with E-state index in [-0.39, 0.29) is 0 Å². The fraction of sp³-hybridized carbons (Fsp3) is 0.364. The molecule has 17 heavy (non-hydrogen) atoms. The smallest absolute Gasteiger partial charge is 0.321 e. The first-order valence-corrected chi connectivity index (χ1v) is 6.88. The Morgan fingerprint density at radius 1 is 1.65 bits per heavy atom. The minimum Gasteiger partial charge on any atom is -0.496 e. The lowest BCUT2D eigenvalue weighted by molar-refractivity contribution is -0.137. The Bertz CT molecular complexity index is 400. The molecule has 1 aromatic carbocycles. The van der Waals surface area contributed by atoms with Crippen LogP contribution < -0.4 is 10.5 Å². The highest BCUT2D eigenvalue weighted by molar-refractivity contribution is 9.10. The van der Waals surface area contributed by atoms with Crippen LogP contribution in [0.2, 0.25) is 0 Å². The molecule has 0 radical (unpaired) electrons. The maximum absolute atomic E-state index is 10.5. The van der Waals surface area contributed by atoms with E-state index >= 15 is 0 Å². The molecule has 1 rings (SSSR count). The third-order valence-corrected chi connectivity index (χ3v) is 3.85. The number of nitrogens with two attached hydrogens (primary N) is 1. The fourth-order valence-electron chi connectivity index (χ4n) is 1.17. The molecule has 0 spiro atoms. The largest absolute Gasteiger partial charge is 0.496 e. The zero-order valence-electron chi connectivity index (χ0n) is 9.35. The molecule has 0 amide bonds. The van der Waals surface area contributed by atoms with Crippen molar-refractivity contribution >= 4 is 33.7 Å². The zero-order valence-corrected chi connectivity index (χ0v) is 11.8. The second kappa shape index (κ2) is 6.88. The quantitative estimate of drug-likeness (QED) is 0.840. The fourth-order valence-corrected chi connectivity index (χ4v) is 2.69. The van der Waals surface area contributed by atoms with Gasteiger partial charge in [-0.05, 0) is 33.6 Å². The van der Waals surface area contributed by atoms with Crippen LogP contribution >= 0.6 is 27.7 Å². The first kappa shape index (κ1) is 14.3. The van der Waals surface area contributed by atoms with Gasteiger partial charge in [0.1, 0.15) is 11.8 Å². The summed E-state index contributed by atoms with van der Waals surface area (Å²) in [5, 5.41) is 8.63. The van der Waals surface area contributed by atoms with Gasteiger partial charge in [-0.2, -0.15) is 11.8 Å². The van der Waals surface area contributed by atoms with Crippen molar-refractivity contribution in [1.29, 1.82) is 0 Å². The molecular weight excluding hydrogens is 306 g/mol. The highest BCUT2D eigenvalue weighted by Gasteiger charge is 2.11. The van der Waals surface area contributed by atoms with Crippen molar-refractivity contribution in [2.24, 2.45) is 5.73 Å². The molecule has 1 aromatic rings. The Morgan fingerprint density at radius 3 is 2.88 bits per heavy atom. The first-order valence-electron chi connectivity index (χ1n) is 4.93. The second-order valence-electron chi connectivity index (χ2n) is 3.43. The van der Waals surface area contributed by atoms with Gasteiger partial charge in [-0.25, -0.2) is 0 Å².